The molecule has 0 saturated carbocycles. The van der Waals surface area contributed by atoms with E-state index in [1.165, 1.54) is 31.0 Å². The Morgan fingerprint density at radius 2 is 1.70 bits per heavy atom. The molecule has 0 spiro atoms. The van der Waals surface area contributed by atoms with Crippen molar-refractivity contribution in [1.29, 1.82) is 0 Å². The van der Waals surface area contributed by atoms with Gasteiger partial charge in [0.25, 0.3) is 10.0 Å². The highest BCUT2D eigenvalue weighted by Gasteiger charge is 2.17. The second-order valence-electron chi connectivity index (χ2n) is 6.36. The van der Waals surface area contributed by atoms with E-state index in [2.05, 4.69) is 10.0 Å². The Bertz CT molecular complexity index is 1100. The molecule has 1 amide bonds. The molecule has 0 aliphatic rings. The van der Waals surface area contributed by atoms with Gasteiger partial charge in [0.1, 0.15) is 5.75 Å². The number of carbonyl (C=O) groups excluding carboxylic acids is 1. The van der Waals surface area contributed by atoms with Crippen LogP contribution in [0.3, 0.4) is 0 Å². The smallest absolute Gasteiger partial charge is 0.262 e. The predicted molar refractivity (Wildman–Crippen MR) is 121 cm³/mol. The molecule has 0 heterocycles. The first-order valence-corrected chi connectivity index (χ1v) is 11.8. The van der Waals surface area contributed by atoms with Crippen LogP contribution < -0.4 is 14.8 Å². The summed E-state index contributed by atoms with van der Waals surface area (Å²) >= 11 is 1.49. The SMILES string of the molecule is COc1ccccc1NS(=O)(=O)c1cccc(NC(=O)CSCc2ccccc2)c1. The van der Waals surface area contributed by atoms with E-state index in [-0.39, 0.29) is 16.6 Å². The average Bonchev–Trinajstić information content (AvgIpc) is 2.75. The molecule has 0 fully saturated rings. The number of methoxy groups -OCH3 is 1. The van der Waals surface area contributed by atoms with Gasteiger partial charge in [-0.25, -0.2) is 8.42 Å². The summed E-state index contributed by atoms with van der Waals surface area (Å²) in [7, 11) is -2.37. The molecule has 30 heavy (non-hydrogen) atoms. The molecule has 8 heteroatoms. The van der Waals surface area contributed by atoms with Gasteiger partial charge in [-0.1, -0.05) is 48.5 Å². The molecule has 0 aromatic heterocycles. The third-order valence-corrected chi connectivity index (χ3v) is 6.49. The van der Waals surface area contributed by atoms with Crippen molar-refractivity contribution in [3.05, 3.63) is 84.4 Å². The Morgan fingerprint density at radius 3 is 2.47 bits per heavy atom. The van der Waals surface area contributed by atoms with Crippen molar-refractivity contribution in [2.75, 3.05) is 22.9 Å². The highest BCUT2D eigenvalue weighted by Crippen LogP contribution is 2.27. The van der Waals surface area contributed by atoms with Crippen LogP contribution in [0.2, 0.25) is 0 Å². The number of thioether (sulfide) groups is 1. The lowest BCUT2D eigenvalue weighted by atomic mass is 10.2. The van der Waals surface area contributed by atoms with E-state index in [4.69, 9.17) is 4.74 Å². The Labute approximate surface area is 180 Å². The third-order valence-electron chi connectivity index (χ3n) is 4.12. The van der Waals surface area contributed by atoms with Crippen molar-refractivity contribution in [2.45, 2.75) is 10.6 Å². The summed E-state index contributed by atoms with van der Waals surface area (Å²) in [5.41, 5.74) is 1.90. The minimum absolute atomic E-state index is 0.0446. The number of carbonyl (C=O) groups is 1. The molecule has 0 atom stereocenters. The summed E-state index contributed by atoms with van der Waals surface area (Å²) < 4.78 is 33.2. The topological polar surface area (TPSA) is 84.5 Å². The Kier molecular flexibility index (Phi) is 7.37. The second-order valence-corrected chi connectivity index (χ2v) is 9.03. The van der Waals surface area contributed by atoms with Crippen LogP contribution in [0.25, 0.3) is 0 Å². The summed E-state index contributed by atoms with van der Waals surface area (Å²) in [6, 6.07) is 22.8. The van der Waals surface area contributed by atoms with Crippen LogP contribution in [-0.4, -0.2) is 27.2 Å². The molecule has 0 aliphatic carbocycles. The predicted octanol–water partition coefficient (Wildman–Crippen LogP) is 4.37. The van der Waals surface area contributed by atoms with Gasteiger partial charge < -0.3 is 10.1 Å². The molecule has 156 valence electrons. The highest BCUT2D eigenvalue weighted by molar-refractivity contribution is 7.99. The lowest BCUT2D eigenvalue weighted by Crippen LogP contribution is -2.16. The largest absolute Gasteiger partial charge is 0.495 e. The monoisotopic (exact) mass is 442 g/mol. The molecular formula is C22H22N2O4S2. The van der Waals surface area contributed by atoms with E-state index in [1.807, 2.05) is 30.3 Å². The fourth-order valence-corrected chi connectivity index (χ4v) is 4.61. The molecule has 0 unspecified atom stereocenters. The number of hydrogen-bond acceptors (Lipinski definition) is 5. The zero-order valence-electron chi connectivity index (χ0n) is 16.4. The molecule has 0 saturated heterocycles. The van der Waals surface area contributed by atoms with E-state index < -0.39 is 10.0 Å². The molecule has 3 rings (SSSR count). The van der Waals surface area contributed by atoms with Crippen molar-refractivity contribution in [2.24, 2.45) is 0 Å². The van der Waals surface area contributed by atoms with Crippen molar-refractivity contribution in [1.82, 2.24) is 0 Å². The molecule has 0 radical (unpaired) electrons. The fraction of sp³-hybridized carbons (Fsp3) is 0.136. The zero-order chi connectivity index (χ0) is 21.4. The summed E-state index contributed by atoms with van der Waals surface area (Å²) in [6.45, 7) is 0. The number of sulfonamides is 1. The van der Waals surface area contributed by atoms with Crippen LogP contribution in [0.15, 0.2) is 83.8 Å². The molecule has 3 aromatic carbocycles. The molecule has 3 aromatic rings. The minimum atomic E-state index is -3.84. The van der Waals surface area contributed by atoms with E-state index in [1.54, 1.807) is 36.4 Å². The number of benzene rings is 3. The molecular weight excluding hydrogens is 420 g/mol. The number of rotatable bonds is 9. The van der Waals surface area contributed by atoms with Gasteiger partial charge in [-0.3, -0.25) is 9.52 Å². The van der Waals surface area contributed by atoms with Gasteiger partial charge in [0.15, 0.2) is 0 Å². The first-order valence-electron chi connectivity index (χ1n) is 9.15. The first kappa shape index (κ1) is 21.7. The lowest BCUT2D eigenvalue weighted by Gasteiger charge is -2.12. The van der Waals surface area contributed by atoms with Crippen molar-refractivity contribution in [3.63, 3.8) is 0 Å². The standard InChI is InChI=1S/C22H22N2O4S2/c1-28-21-13-6-5-12-20(21)24-30(26,27)19-11-7-10-18(14-19)23-22(25)16-29-15-17-8-3-2-4-9-17/h2-14,24H,15-16H2,1H3,(H,23,25). The van der Waals surface area contributed by atoms with E-state index >= 15 is 0 Å². The van der Waals surface area contributed by atoms with Gasteiger partial charge in [-0.05, 0) is 35.9 Å². The third kappa shape index (κ3) is 6.01. The van der Waals surface area contributed by atoms with E-state index in [0.717, 1.165) is 11.3 Å². The highest BCUT2D eigenvalue weighted by atomic mass is 32.2. The number of hydrogen-bond donors (Lipinski definition) is 2. The van der Waals surface area contributed by atoms with Crippen LogP contribution in [0.4, 0.5) is 11.4 Å². The zero-order valence-corrected chi connectivity index (χ0v) is 18.0. The van der Waals surface area contributed by atoms with Crippen molar-refractivity contribution >= 4 is 39.1 Å². The van der Waals surface area contributed by atoms with Crippen molar-refractivity contribution < 1.29 is 17.9 Å². The maximum atomic E-state index is 12.8. The van der Waals surface area contributed by atoms with Gasteiger partial charge in [0.05, 0.1) is 23.4 Å². The number of amides is 1. The number of nitrogens with one attached hydrogen (secondary N) is 2. The van der Waals surface area contributed by atoms with Gasteiger partial charge in [0.2, 0.25) is 5.91 Å². The fourth-order valence-electron chi connectivity index (χ4n) is 2.71. The molecule has 0 aliphatic heterocycles. The van der Waals surface area contributed by atoms with Crippen LogP contribution in [0.1, 0.15) is 5.56 Å². The lowest BCUT2D eigenvalue weighted by molar-refractivity contribution is -0.113. The number of anilines is 2. The maximum Gasteiger partial charge on any atom is 0.262 e. The first-order chi connectivity index (χ1) is 14.5. The quantitative estimate of drug-likeness (QED) is 0.514. The van der Waals surface area contributed by atoms with E-state index in [0.29, 0.717) is 17.1 Å². The van der Waals surface area contributed by atoms with Crippen molar-refractivity contribution in [3.8, 4) is 5.75 Å². The number of ether oxygens (including phenoxy) is 1. The molecule has 2 N–H and O–H groups in total. The Hall–Kier alpha value is -2.97. The average molecular weight is 443 g/mol. The normalized spacial score (nSPS) is 11.0. The Morgan fingerprint density at radius 1 is 0.967 bits per heavy atom. The van der Waals surface area contributed by atoms with Gasteiger partial charge in [-0.2, -0.15) is 0 Å². The minimum Gasteiger partial charge on any atom is -0.495 e. The van der Waals surface area contributed by atoms with Crippen LogP contribution in [-0.2, 0) is 20.6 Å². The van der Waals surface area contributed by atoms with Gasteiger partial charge >= 0.3 is 0 Å². The van der Waals surface area contributed by atoms with Crippen LogP contribution >= 0.6 is 11.8 Å². The Balaban J connectivity index is 1.62. The second kappa shape index (κ2) is 10.2. The molecule has 6 nitrogen and oxygen atoms in total. The maximum absolute atomic E-state index is 12.8. The summed E-state index contributed by atoms with van der Waals surface area (Å²) in [5.74, 6) is 1.22. The summed E-state index contributed by atoms with van der Waals surface area (Å²) in [4.78, 5) is 12.3. The number of para-hydroxylation sites is 2. The summed E-state index contributed by atoms with van der Waals surface area (Å²) in [5, 5.41) is 2.75. The summed E-state index contributed by atoms with van der Waals surface area (Å²) in [6.07, 6.45) is 0. The van der Waals surface area contributed by atoms with Gasteiger partial charge in [-0.15, -0.1) is 11.8 Å². The van der Waals surface area contributed by atoms with Gasteiger partial charge in [0, 0.05) is 11.4 Å². The van der Waals surface area contributed by atoms with E-state index in [9.17, 15) is 13.2 Å². The van der Waals surface area contributed by atoms with Crippen LogP contribution in [0.5, 0.6) is 5.75 Å². The molecule has 0 bridgehead atoms. The van der Waals surface area contributed by atoms with Crippen LogP contribution in [0, 0.1) is 0 Å².